The van der Waals surface area contributed by atoms with Crippen molar-refractivity contribution in [2.75, 3.05) is 19.3 Å². The Morgan fingerprint density at radius 3 is 3.08 bits per heavy atom. The van der Waals surface area contributed by atoms with Gasteiger partial charge in [-0.15, -0.1) is 11.3 Å². The van der Waals surface area contributed by atoms with Gasteiger partial charge in [0.15, 0.2) is 0 Å². The fourth-order valence-corrected chi connectivity index (χ4v) is 1.68. The van der Waals surface area contributed by atoms with Crippen molar-refractivity contribution in [3.63, 3.8) is 0 Å². The summed E-state index contributed by atoms with van der Waals surface area (Å²) in [5.74, 6) is 0.810. The number of nitrogens with zero attached hydrogens (tertiary/aromatic N) is 2. The lowest BCUT2D eigenvalue weighted by Gasteiger charge is -2.11. The smallest absolute Gasteiger partial charge is 0.0795 e. The summed E-state index contributed by atoms with van der Waals surface area (Å²) in [7, 11) is 2.09. The van der Waals surface area contributed by atoms with Crippen LogP contribution in [0.15, 0.2) is 23.0 Å². The SMILES string of the molecule is CN(CC=CCS)Cc1cscn1. The summed E-state index contributed by atoms with van der Waals surface area (Å²) in [6, 6.07) is 0. The van der Waals surface area contributed by atoms with Gasteiger partial charge in [0.25, 0.3) is 0 Å². The zero-order chi connectivity index (χ0) is 9.52. The standard InChI is InChI=1S/C9H14N2S2/c1-11(4-2-3-5-12)6-9-7-13-8-10-9/h2-3,7-8,12H,4-6H2,1H3. The largest absolute Gasteiger partial charge is 0.297 e. The van der Waals surface area contributed by atoms with Crippen molar-refractivity contribution in [1.82, 2.24) is 9.88 Å². The maximum Gasteiger partial charge on any atom is 0.0795 e. The zero-order valence-electron chi connectivity index (χ0n) is 7.68. The van der Waals surface area contributed by atoms with Crippen LogP contribution in [0.5, 0.6) is 0 Å². The van der Waals surface area contributed by atoms with Crippen molar-refractivity contribution < 1.29 is 0 Å². The number of aromatic nitrogens is 1. The van der Waals surface area contributed by atoms with Crippen LogP contribution in [0.2, 0.25) is 0 Å². The van der Waals surface area contributed by atoms with Gasteiger partial charge in [-0.1, -0.05) is 12.2 Å². The van der Waals surface area contributed by atoms with E-state index in [2.05, 4.69) is 47.1 Å². The molecule has 0 spiro atoms. The van der Waals surface area contributed by atoms with E-state index in [1.807, 2.05) is 5.51 Å². The molecule has 13 heavy (non-hydrogen) atoms. The Bertz CT molecular complexity index is 244. The summed E-state index contributed by atoms with van der Waals surface area (Å²) >= 11 is 5.74. The molecule has 0 atom stereocenters. The van der Waals surface area contributed by atoms with E-state index in [1.165, 1.54) is 0 Å². The van der Waals surface area contributed by atoms with Crippen LogP contribution in [0.4, 0.5) is 0 Å². The van der Waals surface area contributed by atoms with Crippen LogP contribution in [0, 0.1) is 0 Å². The Balaban J connectivity index is 2.25. The van der Waals surface area contributed by atoms with E-state index in [0.29, 0.717) is 0 Å². The number of likely N-dealkylation sites (N-methyl/N-ethyl adjacent to an activating group) is 1. The van der Waals surface area contributed by atoms with Gasteiger partial charge in [0, 0.05) is 24.2 Å². The fraction of sp³-hybridized carbons (Fsp3) is 0.444. The quantitative estimate of drug-likeness (QED) is 0.596. The van der Waals surface area contributed by atoms with Gasteiger partial charge >= 0.3 is 0 Å². The molecule has 0 bridgehead atoms. The molecule has 4 heteroatoms. The number of thiazole rings is 1. The third-order valence-corrected chi connectivity index (χ3v) is 2.45. The maximum absolute atomic E-state index is 4.22. The number of thiol groups is 1. The molecule has 1 heterocycles. The van der Waals surface area contributed by atoms with Gasteiger partial charge < -0.3 is 0 Å². The fourth-order valence-electron chi connectivity index (χ4n) is 0.986. The van der Waals surface area contributed by atoms with Crippen LogP contribution in [-0.2, 0) is 6.54 Å². The van der Waals surface area contributed by atoms with Crippen LogP contribution in [-0.4, -0.2) is 29.2 Å². The molecular weight excluding hydrogens is 200 g/mol. The van der Waals surface area contributed by atoms with E-state index in [9.17, 15) is 0 Å². The van der Waals surface area contributed by atoms with Crippen molar-refractivity contribution >= 4 is 24.0 Å². The molecular formula is C9H14N2S2. The second-order valence-electron chi connectivity index (χ2n) is 2.83. The Kier molecular flexibility index (Phi) is 5.12. The molecule has 0 unspecified atom stereocenters. The van der Waals surface area contributed by atoms with Gasteiger partial charge in [-0.3, -0.25) is 4.90 Å². The summed E-state index contributed by atoms with van der Waals surface area (Å²) in [6.45, 7) is 1.87. The zero-order valence-corrected chi connectivity index (χ0v) is 9.39. The van der Waals surface area contributed by atoms with E-state index < -0.39 is 0 Å². The van der Waals surface area contributed by atoms with Gasteiger partial charge in [-0.2, -0.15) is 12.6 Å². The van der Waals surface area contributed by atoms with E-state index in [4.69, 9.17) is 0 Å². The van der Waals surface area contributed by atoms with Crippen molar-refractivity contribution in [2.24, 2.45) is 0 Å². The van der Waals surface area contributed by atoms with Crippen LogP contribution in [0.25, 0.3) is 0 Å². The highest BCUT2D eigenvalue weighted by atomic mass is 32.1. The summed E-state index contributed by atoms with van der Waals surface area (Å²) in [5.41, 5.74) is 3.01. The molecule has 0 amide bonds. The average Bonchev–Trinajstić information content (AvgIpc) is 2.57. The van der Waals surface area contributed by atoms with E-state index >= 15 is 0 Å². The first-order chi connectivity index (χ1) is 6.33. The van der Waals surface area contributed by atoms with Crippen molar-refractivity contribution in [3.05, 3.63) is 28.7 Å². The summed E-state index contributed by atoms with van der Waals surface area (Å²) in [6.07, 6.45) is 4.18. The first-order valence-electron chi connectivity index (χ1n) is 4.14. The molecule has 2 nitrogen and oxygen atoms in total. The average molecular weight is 214 g/mol. The molecule has 1 aromatic rings. The Morgan fingerprint density at radius 1 is 1.62 bits per heavy atom. The minimum Gasteiger partial charge on any atom is -0.297 e. The molecule has 0 radical (unpaired) electrons. The molecule has 0 aliphatic carbocycles. The number of rotatable bonds is 5. The van der Waals surface area contributed by atoms with Gasteiger partial charge in [-0.05, 0) is 7.05 Å². The highest BCUT2D eigenvalue weighted by molar-refractivity contribution is 7.80. The minimum absolute atomic E-state index is 0.810. The molecule has 1 rings (SSSR count). The molecule has 0 aromatic carbocycles. The predicted molar refractivity (Wildman–Crippen MR) is 61.4 cm³/mol. The summed E-state index contributed by atoms with van der Waals surface area (Å²) in [5, 5.41) is 2.08. The second kappa shape index (κ2) is 6.18. The lowest BCUT2D eigenvalue weighted by molar-refractivity contribution is 0.359. The topological polar surface area (TPSA) is 16.1 Å². The Labute approximate surface area is 88.7 Å². The number of hydrogen-bond donors (Lipinski definition) is 1. The monoisotopic (exact) mass is 214 g/mol. The molecule has 0 aliphatic heterocycles. The Hall–Kier alpha value is -0.320. The van der Waals surface area contributed by atoms with Crippen LogP contribution in [0.1, 0.15) is 5.69 Å². The third-order valence-electron chi connectivity index (χ3n) is 1.60. The second-order valence-corrected chi connectivity index (χ2v) is 3.91. The third kappa shape index (κ3) is 4.45. The normalized spacial score (nSPS) is 11.6. The molecule has 0 saturated carbocycles. The Morgan fingerprint density at radius 2 is 2.46 bits per heavy atom. The van der Waals surface area contributed by atoms with E-state index in [0.717, 1.165) is 24.5 Å². The van der Waals surface area contributed by atoms with Gasteiger partial charge in [0.1, 0.15) is 0 Å². The molecule has 0 fully saturated rings. The first-order valence-corrected chi connectivity index (χ1v) is 5.72. The van der Waals surface area contributed by atoms with Crippen LogP contribution < -0.4 is 0 Å². The molecule has 72 valence electrons. The van der Waals surface area contributed by atoms with Crippen molar-refractivity contribution in [2.45, 2.75) is 6.54 Å². The highest BCUT2D eigenvalue weighted by Gasteiger charge is 1.98. The maximum atomic E-state index is 4.22. The van der Waals surface area contributed by atoms with Crippen molar-refractivity contribution in [3.8, 4) is 0 Å². The van der Waals surface area contributed by atoms with E-state index in [1.54, 1.807) is 11.3 Å². The first kappa shape index (κ1) is 10.8. The van der Waals surface area contributed by atoms with Crippen LogP contribution in [0.3, 0.4) is 0 Å². The van der Waals surface area contributed by atoms with Gasteiger partial charge in [0.2, 0.25) is 0 Å². The summed E-state index contributed by atoms with van der Waals surface area (Å²) < 4.78 is 0. The molecule has 0 aliphatic rings. The molecule has 1 aromatic heterocycles. The molecule has 0 saturated heterocycles. The molecule has 0 N–H and O–H groups in total. The summed E-state index contributed by atoms with van der Waals surface area (Å²) in [4.78, 5) is 6.44. The number of hydrogen-bond acceptors (Lipinski definition) is 4. The van der Waals surface area contributed by atoms with Gasteiger partial charge in [0.05, 0.1) is 11.2 Å². The van der Waals surface area contributed by atoms with Gasteiger partial charge in [-0.25, -0.2) is 4.98 Å². The lowest BCUT2D eigenvalue weighted by Crippen LogP contribution is -2.17. The lowest BCUT2D eigenvalue weighted by atomic mass is 10.4. The van der Waals surface area contributed by atoms with Crippen molar-refractivity contribution in [1.29, 1.82) is 0 Å². The minimum atomic E-state index is 0.810. The predicted octanol–water partition coefficient (Wildman–Crippen LogP) is 2.06. The van der Waals surface area contributed by atoms with E-state index in [-0.39, 0.29) is 0 Å². The van der Waals surface area contributed by atoms with Crippen LogP contribution >= 0.6 is 24.0 Å². The highest BCUT2D eigenvalue weighted by Crippen LogP contribution is 2.03.